The van der Waals surface area contributed by atoms with Gasteiger partial charge in [0.05, 0.1) is 11.2 Å². The van der Waals surface area contributed by atoms with Crippen molar-refractivity contribution in [2.24, 2.45) is 0 Å². The van der Waals surface area contributed by atoms with Crippen molar-refractivity contribution in [3.05, 3.63) is 169 Å². The molecule has 1 N–H and O–H groups in total. The monoisotopic (exact) mass is 711 g/mol. The number of phenolic OH excluding ortho intramolecular Hbond substituents is 1. The van der Waals surface area contributed by atoms with E-state index in [2.05, 4.69) is 147 Å². The molecule has 0 amide bonds. The van der Waals surface area contributed by atoms with Gasteiger partial charge in [-0.3, -0.25) is 4.57 Å². The van der Waals surface area contributed by atoms with Gasteiger partial charge in [-0.2, -0.15) is 0 Å². The minimum Gasteiger partial charge on any atom is -0.507 e. The summed E-state index contributed by atoms with van der Waals surface area (Å²) in [5.41, 5.74) is 11.5. The minimum atomic E-state index is -0.302. The van der Waals surface area contributed by atoms with Crippen LogP contribution < -0.4 is 0 Å². The van der Waals surface area contributed by atoms with E-state index < -0.39 is 0 Å². The number of fused-ring (bicyclic) bond motifs is 6. The summed E-state index contributed by atoms with van der Waals surface area (Å²) in [6.45, 7) is 6.43. The highest BCUT2D eigenvalue weighted by Crippen LogP contribution is 2.45. The number of furan rings is 1. The average Bonchev–Trinajstić information content (AvgIpc) is 3.77. The lowest BCUT2D eigenvalue weighted by molar-refractivity contribution is 0.449. The standard InChI is InChI=1S/C50H37N3O2/c1-50(2,3)42-29-34(32-17-8-5-9-18-32)28-40(46(42)54)35-25-33(31-15-6-4-7-16-31)26-36(27-35)43-30-41-38-20-11-13-23-45(38)55-47(41)49(52-43)53-44-22-12-10-19-37(44)39-21-14-24-51-48(39)53/h4-30,54H,1-3H3. The smallest absolute Gasteiger partial charge is 0.183 e. The summed E-state index contributed by atoms with van der Waals surface area (Å²) in [6, 6.07) is 54.3. The van der Waals surface area contributed by atoms with Gasteiger partial charge in [0, 0.05) is 44.4 Å². The molecule has 6 aromatic carbocycles. The molecule has 0 spiro atoms. The zero-order valence-electron chi connectivity index (χ0n) is 30.8. The second kappa shape index (κ2) is 12.6. The van der Waals surface area contributed by atoms with E-state index in [0.29, 0.717) is 11.4 Å². The quantitative estimate of drug-likeness (QED) is 0.193. The Hall–Kier alpha value is -6.98. The van der Waals surface area contributed by atoms with Crippen LogP contribution in [0.5, 0.6) is 5.75 Å². The zero-order valence-corrected chi connectivity index (χ0v) is 30.8. The molecular weight excluding hydrogens is 675 g/mol. The molecule has 0 aliphatic rings. The molecule has 10 rings (SSSR count). The van der Waals surface area contributed by atoms with Gasteiger partial charge in [0.1, 0.15) is 17.0 Å². The van der Waals surface area contributed by atoms with Gasteiger partial charge in [0.15, 0.2) is 11.4 Å². The summed E-state index contributed by atoms with van der Waals surface area (Å²) in [5, 5.41) is 16.3. The van der Waals surface area contributed by atoms with Crippen LogP contribution in [-0.4, -0.2) is 19.6 Å². The fourth-order valence-corrected chi connectivity index (χ4v) is 7.97. The van der Waals surface area contributed by atoms with Gasteiger partial charge in [-0.15, -0.1) is 0 Å². The third-order valence-electron chi connectivity index (χ3n) is 10.7. The van der Waals surface area contributed by atoms with E-state index in [-0.39, 0.29) is 11.2 Å². The zero-order chi connectivity index (χ0) is 37.3. The van der Waals surface area contributed by atoms with Crippen molar-refractivity contribution >= 4 is 43.9 Å². The fourth-order valence-electron chi connectivity index (χ4n) is 7.97. The largest absolute Gasteiger partial charge is 0.507 e. The van der Waals surface area contributed by atoms with Crippen molar-refractivity contribution in [1.29, 1.82) is 0 Å². The molecule has 264 valence electrons. The molecule has 0 bridgehead atoms. The highest BCUT2D eigenvalue weighted by atomic mass is 16.3. The number of nitrogens with zero attached hydrogens (tertiary/aromatic N) is 3. The summed E-state index contributed by atoms with van der Waals surface area (Å²) >= 11 is 0. The molecule has 0 aliphatic heterocycles. The number of aromatic nitrogens is 3. The topological polar surface area (TPSA) is 64.1 Å². The first-order valence-electron chi connectivity index (χ1n) is 18.6. The first kappa shape index (κ1) is 32.7. The molecule has 4 heterocycles. The molecule has 5 nitrogen and oxygen atoms in total. The molecular formula is C50H37N3O2. The minimum absolute atomic E-state index is 0.282. The van der Waals surface area contributed by atoms with Crippen molar-refractivity contribution in [2.45, 2.75) is 26.2 Å². The van der Waals surface area contributed by atoms with Crippen LogP contribution in [0.3, 0.4) is 0 Å². The van der Waals surface area contributed by atoms with Crippen molar-refractivity contribution in [1.82, 2.24) is 14.5 Å². The Morgan fingerprint density at radius 1 is 0.545 bits per heavy atom. The lowest BCUT2D eigenvalue weighted by Crippen LogP contribution is -2.12. The SMILES string of the molecule is CC(C)(C)c1cc(-c2ccccc2)cc(-c2cc(-c3ccccc3)cc(-c3cc4c(oc5ccccc54)c(-n4c5ccccc5c5cccnc54)n3)c2)c1O. The van der Waals surface area contributed by atoms with Gasteiger partial charge in [-0.1, -0.05) is 118 Å². The molecule has 0 atom stereocenters. The maximum absolute atomic E-state index is 12.1. The molecule has 55 heavy (non-hydrogen) atoms. The number of pyridine rings is 2. The van der Waals surface area contributed by atoms with Crippen molar-refractivity contribution in [3.63, 3.8) is 0 Å². The van der Waals surface area contributed by atoms with Crippen LogP contribution in [-0.2, 0) is 5.41 Å². The van der Waals surface area contributed by atoms with Gasteiger partial charge in [-0.25, -0.2) is 9.97 Å². The molecule has 10 aromatic rings. The number of hydrogen-bond acceptors (Lipinski definition) is 4. The summed E-state index contributed by atoms with van der Waals surface area (Å²) in [5.74, 6) is 0.953. The Morgan fingerprint density at radius 3 is 1.91 bits per heavy atom. The molecule has 5 heteroatoms. The normalized spacial score (nSPS) is 12.0. The molecule has 0 aliphatic carbocycles. The van der Waals surface area contributed by atoms with Crippen molar-refractivity contribution < 1.29 is 9.52 Å². The van der Waals surface area contributed by atoms with Gasteiger partial charge in [0.25, 0.3) is 0 Å². The number of phenols is 1. The van der Waals surface area contributed by atoms with Crippen LogP contribution in [0, 0.1) is 0 Å². The number of hydrogen-bond donors (Lipinski definition) is 1. The Kier molecular flexibility index (Phi) is 7.46. The van der Waals surface area contributed by atoms with Gasteiger partial charge in [0.2, 0.25) is 0 Å². The van der Waals surface area contributed by atoms with E-state index >= 15 is 0 Å². The Morgan fingerprint density at radius 2 is 1.16 bits per heavy atom. The number of rotatable bonds is 5. The van der Waals surface area contributed by atoms with Gasteiger partial charge < -0.3 is 9.52 Å². The Bertz CT molecular complexity index is 3030. The van der Waals surface area contributed by atoms with Gasteiger partial charge >= 0.3 is 0 Å². The highest BCUT2D eigenvalue weighted by molar-refractivity contribution is 6.12. The van der Waals surface area contributed by atoms with E-state index in [1.54, 1.807) is 0 Å². The predicted molar refractivity (Wildman–Crippen MR) is 226 cm³/mol. The number of benzene rings is 6. The maximum atomic E-state index is 12.1. The average molecular weight is 712 g/mol. The predicted octanol–water partition coefficient (Wildman–Crippen LogP) is 13.1. The van der Waals surface area contributed by atoms with E-state index in [1.807, 2.05) is 42.6 Å². The van der Waals surface area contributed by atoms with E-state index in [0.717, 1.165) is 88.5 Å². The fraction of sp³-hybridized carbons (Fsp3) is 0.0800. The molecule has 4 aromatic heterocycles. The van der Waals surface area contributed by atoms with Crippen LogP contribution in [0.4, 0.5) is 0 Å². The van der Waals surface area contributed by atoms with E-state index in [4.69, 9.17) is 14.4 Å². The van der Waals surface area contributed by atoms with Crippen molar-refractivity contribution in [3.8, 4) is 56.2 Å². The first-order chi connectivity index (χ1) is 26.8. The highest BCUT2D eigenvalue weighted by Gasteiger charge is 2.25. The summed E-state index contributed by atoms with van der Waals surface area (Å²) in [6.07, 6.45) is 1.83. The van der Waals surface area contributed by atoms with Gasteiger partial charge in [-0.05, 0) is 93.9 Å². The lowest BCUT2D eigenvalue weighted by atomic mass is 9.81. The molecule has 0 saturated heterocycles. The second-order valence-corrected chi connectivity index (χ2v) is 15.2. The van der Waals surface area contributed by atoms with Crippen LogP contribution in [0.15, 0.2) is 168 Å². The Balaban J connectivity index is 1.29. The van der Waals surface area contributed by atoms with Crippen LogP contribution >= 0.6 is 0 Å². The third-order valence-corrected chi connectivity index (χ3v) is 10.7. The number of aromatic hydroxyl groups is 1. The second-order valence-electron chi connectivity index (χ2n) is 15.2. The van der Waals surface area contributed by atoms with E-state index in [1.165, 1.54) is 0 Å². The first-order valence-corrected chi connectivity index (χ1v) is 18.6. The van der Waals surface area contributed by atoms with E-state index in [9.17, 15) is 5.11 Å². The Labute approximate surface area is 318 Å². The third kappa shape index (κ3) is 5.47. The van der Waals surface area contributed by atoms with Crippen molar-refractivity contribution in [2.75, 3.05) is 0 Å². The molecule has 0 unspecified atom stereocenters. The molecule has 0 radical (unpaired) electrons. The summed E-state index contributed by atoms with van der Waals surface area (Å²) < 4.78 is 8.78. The lowest BCUT2D eigenvalue weighted by Gasteiger charge is -2.24. The molecule has 0 saturated carbocycles. The number of para-hydroxylation sites is 2. The van der Waals surface area contributed by atoms with Crippen LogP contribution in [0.1, 0.15) is 26.3 Å². The summed E-state index contributed by atoms with van der Waals surface area (Å²) in [7, 11) is 0. The van der Waals surface area contributed by atoms with Crippen LogP contribution in [0.25, 0.3) is 94.3 Å². The summed E-state index contributed by atoms with van der Waals surface area (Å²) in [4.78, 5) is 10.4. The molecule has 0 fully saturated rings. The maximum Gasteiger partial charge on any atom is 0.183 e. The van der Waals surface area contributed by atoms with Crippen LogP contribution in [0.2, 0.25) is 0 Å².